The van der Waals surface area contributed by atoms with Crippen molar-refractivity contribution >= 4 is 23.2 Å². The van der Waals surface area contributed by atoms with E-state index >= 15 is 0 Å². The van der Waals surface area contributed by atoms with Gasteiger partial charge in [-0.2, -0.15) is 0 Å². The molecule has 3 rings (SSSR count). The van der Waals surface area contributed by atoms with Gasteiger partial charge in [0.15, 0.2) is 0 Å². The van der Waals surface area contributed by atoms with Gasteiger partial charge in [-0.15, -0.1) is 0 Å². The predicted molar refractivity (Wildman–Crippen MR) is 82.0 cm³/mol. The van der Waals surface area contributed by atoms with Crippen molar-refractivity contribution in [2.45, 2.75) is 38.5 Å². The smallest absolute Gasteiger partial charge is 0.0595 e. The summed E-state index contributed by atoms with van der Waals surface area (Å²) in [4.78, 5) is 0. The van der Waals surface area contributed by atoms with Crippen LogP contribution in [0.25, 0.3) is 0 Å². The SMILES string of the molecule is Clc1ccc(CC2CCNCC23CCCC3)cc1Cl. The molecule has 1 aromatic carbocycles. The van der Waals surface area contributed by atoms with Crippen molar-refractivity contribution in [2.75, 3.05) is 13.1 Å². The zero-order valence-corrected chi connectivity index (χ0v) is 12.7. The lowest BCUT2D eigenvalue weighted by atomic mass is 9.68. The highest BCUT2D eigenvalue weighted by molar-refractivity contribution is 6.42. The van der Waals surface area contributed by atoms with E-state index in [1.807, 2.05) is 6.07 Å². The molecule has 1 aliphatic carbocycles. The van der Waals surface area contributed by atoms with E-state index in [1.165, 1.54) is 44.2 Å². The molecule has 1 spiro atoms. The van der Waals surface area contributed by atoms with E-state index in [1.54, 1.807) is 0 Å². The molecule has 19 heavy (non-hydrogen) atoms. The molecule has 1 nitrogen and oxygen atoms in total. The van der Waals surface area contributed by atoms with Crippen LogP contribution in [0.1, 0.15) is 37.7 Å². The van der Waals surface area contributed by atoms with Crippen molar-refractivity contribution in [3.05, 3.63) is 33.8 Å². The van der Waals surface area contributed by atoms with Gasteiger partial charge in [-0.25, -0.2) is 0 Å². The Kier molecular flexibility index (Phi) is 4.07. The zero-order valence-electron chi connectivity index (χ0n) is 11.2. The summed E-state index contributed by atoms with van der Waals surface area (Å²) < 4.78 is 0. The van der Waals surface area contributed by atoms with Gasteiger partial charge in [0.2, 0.25) is 0 Å². The van der Waals surface area contributed by atoms with Crippen molar-refractivity contribution in [2.24, 2.45) is 11.3 Å². The molecule has 1 saturated carbocycles. The summed E-state index contributed by atoms with van der Waals surface area (Å²) in [5.41, 5.74) is 1.89. The highest BCUT2D eigenvalue weighted by Gasteiger charge is 2.42. The fraction of sp³-hybridized carbons (Fsp3) is 0.625. The lowest BCUT2D eigenvalue weighted by molar-refractivity contribution is 0.118. The summed E-state index contributed by atoms with van der Waals surface area (Å²) >= 11 is 12.1. The van der Waals surface area contributed by atoms with E-state index in [-0.39, 0.29) is 0 Å². The molecule has 1 saturated heterocycles. The van der Waals surface area contributed by atoms with E-state index in [0.717, 1.165) is 18.9 Å². The molecule has 1 N–H and O–H groups in total. The Hall–Kier alpha value is -0.240. The maximum Gasteiger partial charge on any atom is 0.0595 e. The summed E-state index contributed by atoms with van der Waals surface area (Å²) in [5, 5.41) is 4.95. The molecule has 2 aliphatic rings. The maximum atomic E-state index is 6.14. The lowest BCUT2D eigenvalue weighted by Gasteiger charge is -2.42. The summed E-state index contributed by atoms with van der Waals surface area (Å²) in [6.45, 7) is 2.37. The second-order valence-corrected chi connectivity index (χ2v) is 7.00. The van der Waals surface area contributed by atoms with Gasteiger partial charge in [-0.05, 0) is 61.3 Å². The second-order valence-electron chi connectivity index (χ2n) is 6.18. The van der Waals surface area contributed by atoms with E-state index in [2.05, 4.69) is 17.4 Å². The molecule has 0 amide bonds. The van der Waals surface area contributed by atoms with Crippen molar-refractivity contribution in [1.29, 1.82) is 0 Å². The third-order valence-corrected chi connectivity index (χ3v) is 5.82. The molecule has 1 atom stereocenters. The Bertz CT molecular complexity index is 452. The lowest BCUT2D eigenvalue weighted by Crippen LogP contribution is -2.45. The molecular weight excluding hydrogens is 277 g/mol. The molecule has 0 bridgehead atoms. The number of hydrogen-bond acceptors (Lipinski definition) is 1. The van der Waals surface area contributed by atoms with E-state index in [9.17, 15) is 0 Å². The minimum absolute atomic E-state index is 0.546. The standard InChI is InChI=1S/C16H21Cl2N/c17-14-4-3-12(10-15(14)18)9-13-5-8-19-11-16(13)6-1-2-7-16/h3-4,10,13,19H,1-2,5-9,11H2. The predicted octanol–water partition coefficient (Wildman–Crippen LogP) is 4.71. The number of hydrogen-bond donors (Lipinski definition) is 1. The van der Waals surface area contributed by atoms with Crippen LogP contribution in [0, 0.1) is 11.3 Å². The van der Waals surface area contributed by atoms with Crippen molar-refractivity contribution in [3.63, 3.8) is 0 Å². The van der Waals surface area contributed by atoms with Crippen LogP contribution in [0.2, 0.25) is 10.0 Å². The highest BCUT2D eigenvalue weighted by Crippen LogP contribution is 2.48. The number of halogens is 2. The summed E-state index contributed by atoms with van der Waals surface area (Å²) in [7, 11) is 0. The first-order valence-electron chi connectivity index (χ1n) is 7.34. The van der Waals surface area contributed by atoms with Crippen molar-refractivity contribution in [1.82, 2.24) is 5.32 Å². The number of nitrogens with one attached hydrogen (secondary N) is 1. The van der Waals surface area contributed by atoms with Crippen molar-refractivity contribution in [3.8, 4) is 0 Å². The quantitative estimate of drug-likeness (QED) is 0.834. The summed E-state index contributed by atoms with van der Waals surface area (Å²) in [6, 6.07) is 6.12. The van der Waals surface area contributed by atoms with Gasteiger partial charge in [-0.1, -0.05) is 42.1 Å². The van der Waals surface area contributed by atoms with E-state index in [4.69, 9.17) is 23.2 Å². The number of piperidine rings is 1. The van der Waals surface area contributed by atoms with Crippen LogP contribution in [0.5, 0.6) is 0 Å². The molecule has 0 radical (unpaired) electrons. The molecular formula is C16H21Cl2N. The van der Waals surface area contributed by atoms with Crippen LogP contribution in [-0.4, -0.2) is 13.1 Å². The second kappa shape index (κ2) is 5.63. The number of rotatable bonds is 2. The Labute approximate surface area is 125 Å². The van der Waals surface area contributed by atoms with Crippen LogP contribution >= 0.6 is 23.2 Å². The minimum Gasteiger partial charge on any atom is -0.316 e. The third kappa shape index (κ3) is 2.79. The minimum atomic E-state index is 0.546. The zero-order chi connectivity index (χ0) is 13.3. The molecule has 104 valence electrons. The fourth-order valence-electron chi connectivity index (χ4n) is 4.00. The molecule has 1 heterocycles. The monoisotopic (exact) mass is 297 g/mol. The highest BCUT2D eigenvalue weighted by atomic mass is 35.5. The average Bonchev–Trinajstić information content (AvgIpc) is 2.86. The topological polar surface area (TPSA) is 12.0 Å². The van der Waals surface area contributed by atoms with Crippen LogP contribution in [0.4, 0.5) is 0 Å². The Balaban J connectivity index is 1.78. The average molecular weight is 298 g/mol. The largest absolute Gasteiger partial charge is 0.316 e. The van der Waals surface area contributed by atoms with Crippen LogP contribution in [0.3, 0.4) is 0 Å². The molecule has 1 aliphatic heterocycles. The summed E-state index contributed by atoms with van der Waals surface area (Å²) in [6.07, 6.45) is 8.04. The van der Waals surface area contributed by atoms with Gasteiger partial charge in [0.25, 0.3) is 0 Å². The first-order valence-corrected chi connectivity index (χ1v) is 8.10. The van der Waals surface area contributed by atoms with E-state index in [0.29, 0.717) is 15.5 Å². The molecule has 2 fully saturated rings. The van der Waals surface area contributed by atoms with Gasteiger partial charge in [0.1, 0.15) is 0 Å². The van der Waals surface area contributed by atoms with Crippen molar-refractivity contribution < 1.29 is 0 Å². The molecule has 0 aromatic heterocycles. The van der Waals surface area contributed by atoms with Gasteiger partial charge in [0, 0.05) is 6.54 Å². The molecule has 1 unspecified atom stereocenters. The van der Waals surface area contributed by atoms with Gasteiger partial charge < -0.3 is 5.32 Å². The van der Waals surface area contributed by atoms with Crippen LogP contribution in [0.15, 0.2) is 18.2 Å². The van der Waals surface area contributed by atoms with Gasteiger partial charge in [-0.3, -0.25) is 0 Å². The Morgan fingerprint density at radius 2 is 1.95 bits per heavy atom. The maximum absolute atomic E-state index is 6.14. The van der Waals surface area contributed by atoms with Crippen LogP contribution < -0.4 is 5.32 Å². The first-order chi connectivity index (χ1) is 9.20. The van der Waals surface area contributed by atoms with E-state index < -0.39 is 0 Å². The van der Waals surface area contributed by atoms with Crippen LogP contribution in [-0.2, 0) is 6.42 Å². The number of benzene rings is 1. The Morgan fingerprint density at radius 1 is 1.16 bits per heavy atom. The summed E-state index contributed by atoms with van der Waals surface area (Å²) in [5.74, 6) is 0.800. The normalized spacial score (nSPS) is 25.9. The molecule has 3 heteroatoms. The van der Waals surface area contributed by atoms with Gasteiger partial charge in [0.05, 0.1) is 10.0 Å². The molecule has 1 aromatic rings. The third-order valence-electron chi connectivity index (χ3n) is 5.08. The first kappa shape index (κ1) is 13.7. The van der Waals surface area contributed by atoms with Gasteiger partial charge >= 0.3 is 0 Å². The Morgan fingerprint density at radius 3 is 2.68 bits per heavy atom. The fourth-order valence-corrected chi connectivity index (χ4v) is 4.32.